The maximum absolute atomic E-state index is 12.2. The Labute approximate surface area is 197 Å². The maximum atomic E-state index is 12.2. The standard InChI is InChI=1S/C25H26N4O3S/c1-17(2)15-26-24(30)19-8-6-18(7-9-19)16-33-25-28-27-23(22-5-4-14-32-22)29(25)20-10-12-21(31-3)13-11-20/h4-14,17H,15-16H2,1-3H3,(H,26,30). The Morgan fingerprint density at radius 1 is 1.09 bits per heavy atom. The van der Waals surface area contributed by atoms with Crippen LogP contribution in [0.3, 0.4) is 0 Å². The number of ether oxygens (including phenoxy) is 1. The number of furan rings is 1. The lowest BCUT2D eigenvalue weighted by Crippen LogP contribution is -2.27. The highest BCUT2D eigenvalue weighted by Gasteiger charge is 2.18. The van der Waals surface area contributed by atoms with Crippen LogP contribution in [0, 0.1) is 5.92 Å². The van der Waals surface area contributed by atoms with Gasteiger partial charge < -0.3 is 14.5 Å². The van der Waals surface area contributed by atoms with Gasteiger partial charge in [0.2, 0.25) is 5.82 Å². The fourth-order valence-electron chi connectivity index (χ4n) is 3.19. The molecule has 2 heterocycles. The van der Waals surface area contributed by atoms with Gasteiger partial charge in [0, 0.05) is 17.9 Å². The van der Waals surface area contributed by atoms with Crippen molar-refractivity contribution in [2.45, 2.75) is 24.8 Å². The molecule has 4 rings (SSSR count). The van der Waals surface area contributed by atoms with Gasteiger partial charge in [-0.3, -0.25) is 9.36 Å². The first-order valence-electron chi connectivity index (χ1n) is 10.7. The number of methoxy groups -OCH3 is 1. The van der Waals surface area contributed by atoms with E-state index in [9.17, 15) is 4.79 Å². The average molecular weight is 463 g/mol. The fourth-order valence-corrected chi connectivity index (χ4v) is 4.10. The second-order valence-electron chi connectivity index (χ2n) is 7.91. The van der Waals surface area contributed by atoms with Crippen molar-refractivity contribution in [3.8, 4) is 23.0 Å². The van der Waals surface area contributed by atoms with E-state index in [0.29, 0.717) is 35.4 Å². The van der Waals surface area contributed by atoms with E-state index in [-0.39, 0.29) is 5.91 Å². The van der Waals surface area contributed by atoms with Gasteiger partial charge in [-0.25, -0.2) is 0 Å². The number of hydrogen-bond donors (Lipinski definition) is 1. The molecule has 4 aromatic rings. The SMILES string of the molecule is COc1ccc(-n2c(SCc3ccc(C(=O)NCC(C)C)cc3)nnc2-c2ccco2)cc1. The van der Waals surface area contributed by atoms with Gasteiger partial charge in [0.25, 0.3) is 5.91 Å². The van der Waals surface area contributed by atoms with Crippen molar-refractivity contribution in [1.29, 1.82) is 0 Å². The Morgan fingerprint density at radius 3 is 2.48 bits per heavy atom. The van der Waals surface area contributed by atoms with E-state index in [2.05, 4.69) is 29.4 Å². The molecule has 170 valence electrons. The summed E-state index contributed by atoms with van der Waals surface area (Å²) in [6.07, 6.45) is 1.62. The lowest BCUT2D eigenvalue weighted by atomic mass is 10.1. The first kappa shape index (κ1) is 22.7. The van der Waals surface area contributed by atoms with Gasteiger partial charge >= 0.3 is 0 Å². The van der Waals surface area contributed by atoms with E-state index in [1.54, 1.807) is 25.1 Å². The molecule has 8 heteroatoms. The van der Waals surface area contributed by atoms with Gasteiger partial charge in [0.05, 0.1) is 19.1 Å². The maximum Gasteiger partial charge on any atom is 0.251 e. The van der Waals surface area contributed by atoms with Crippen molar-refractivity contribution in [1.82, 2.24) is 20.1 Å². The number of benzene rings is 2. The van der Waals surface area contributed by atoms with Crippen molar-refractivity contribution in [3.05, 3.63) is 78.1 Å². The first-order chi connectivity index (χ1) is 16.0. The number of aromatic nitrogens is 3. The lowest BCUT2D eigenvalue weighted by Gasteiger charge is -2.10. The second-order valence-corrected chi connectivity index (χ2v) is 8.85. The van der Waals surface area contributed by atoms with E-state index in [4.69, 9.17) is 9.15 Å². The largest absolute Gasteiger partial charge is 0.497 e. The highest BCUT2D eigenvalue weighted by molar-refractivity contribution is 7.98. The molecule has 0 saturated heterocycles. The van der Waals surface area contributed by atoms with Crippen LogP contribution >= 0.6 is 11.8 Å². The number of nitrogens with zero attached hydrogens (tertiary/aromatic N) is 3. The highest BCUT2D eigenvalue weighted by Crippen LogP contribution is 2.30. The van der Waals surface area contributed by atoms with Crippen LogP contribution in [0.25, 0.3) is 17.3 Å². The number of amides is 1. The molecule has 33 heavy (non-hydrogen) atoms. The van der Waals surface area contributed by atoms with Crippen LogP contribution in [0.4, 0.5) is 0 Å². The van der Waals surface area contributed by atoms with E-state index in [0.717, 1.165) is 22.2 Å². The quantitative estimate of drug-likeness (QED) is 0.344. The van der Waals surface area contributed by atoms with Gasteiger partial charge in [0.15, 0.2) is 10.9 Å². The first-order valence-corrected chi connectivity index (χ1v) is 11.7. The second kappa shape index (κ2) is 10.4. The molecular weight excluding hydrogens is 436 g/mol. The normalized spacial score (nSPS) is 11.0. The molecule has 0 aliphatic rings. The molecule has 2 aromatic carbocycles. The van der Waals surface area contributed by atoms with Crippen LogP contribution in [0.5, 0.6) is 5.75 Å². The zero-order valence-corrected chi connectivity index (χ0v) is 19.6. The molecule has 1 amide bonds. The van der Waals surface area contributed by atoms with Crippen LogP contribution in [0.15, 0.2) is 76.5 Å². The third kappa shape index (κ3) is 5.46. The van der Waals surface area contributed by atoms with Gasteiger partial charge in [-0.1, -0.05) is 37.7 Å². The minimum atomic E-state index is -0.0507. The summed E-state index contributed by atoms with van der Waals surface area (Å²) in [7, 11) is 1.64. The zero-order valence-electron chi connectivity index (χ0n) is 18.8. The number of thioether (sulfide) groups is 1. The third-order valence-corrected chi connectivity index (χ3v) is 5.96. The van der Waals surface area contributed by atoms with Crippen molar-refractivity contribution < 1.29 is 13.9 Å². The number of carbonyl (C=O) groups excluding carboxylic acids is 1. The summed E-state index contributed by atoms with van der Waals surface area (Å²) < 4.78 is 12.8. The Bertz CT molecular complexity index is 1180. The summed E-state index contributed by atoms with van der Waals surface area (Å²) in [5.41, 5.74) is 2.65. The average Bonchev–Trinajstić information content (AvgIpc) is 3.51. The van der Waals surface area contributed by atoms with E-state index in [1.165, 1.54) is 0 Å². The van der Waals surface area contributed by atoms with Crippen LogP contribution in [-0.4, -0.2) is 34.3 Å². The molecule has 0 unspecified atom stereocenters. The van der Waals surface area contributed by atoms with Crippen molar-refractivity contribution >= 4 is 17.7 Å². The van der Waals surface area contributed by atoms with Crippen LogP contribution in [0.1, 0.15) is 29.8 Å². The van der Waals surface area contributed by atoms with Crippen LogP contribution < -0.4 is 10.1 Å². The molecule has 7 nitrogen and oxygen atoms in total. The van der Waals surface area contributed by atoms with Crippen molar-refractivity contribution in [2.24, 2.45) is 5.92 Å². The molecule has 0 saturated carbocycles. The van der Waals surface area contributed by atoms with Gasteiger partial charge in [-0.15, -0.1) is 10.2 Å². The van der Waals surface area contributed by atoms with Crippen molar-refractivity contribution in [3.63, 3.8) is 0 Å². The van der Waals surface area contributed by atoms with Crippen molar-refractivity contribution in [2.75, 3.05) is 13.7 Å². The Morgan fingerprint density at radius 2 is 1.85 bits per heavy atom. The lowest BCUT2D eigenvalue weighted by molar-refractivity contribution is 0.0949. The molecule has 2 aromatic heterocycles. The fraction of sp³-hybridized carbons (Fsp3) is 0.240. The molecule has 0 bridgehead atoms. The summed E-state index contributed by atoms with van der Waals surface area (Å²) in [6, 6.07) is 19.1. The van der Waals surface area contributed by atoms with Crippen LogP contribution in [0.2, 0.25) is 0 Å². The van der Waals surface area contributed by atoms with Crippen LogP contribution in [-0.2, 0) is 5.75 Å². The van der Waals surface area contributed by atoms with E-state index >= 15 is 0 Å². The predicted molar refractivity (Wildman–Crippen MR) is 129 cm³/mol. The minimum absolute atomic E-state index is 0.0507. The number of nitrogens with one attached hydrogen (secondary N) is 1. The molecule has 0 aliphatic carbocycles. The smallest absolute Gasteiger partial charge is 0.251 e. The third-order valence-electron chi connectivity index (χ3n) is 4.96. The summed E-state index contributed by atoms with van der Waals surface area (Å²) in [5.74, 6) is 3.09. The summed E-state index contributed by atoms with van der Waals surface area (Å²) in [6.45, 7) is 4.81. The topological polar surface area (TPSA) is 82.2 Å². The molecule has 1 N–H and O–H groups in total. The molecule has 0 aliphatic heterocycles. The molecule has 0 spiro atoms. The monoisotopic (exact) mass is 462 g/mol. The van der Waals surface area contributed by atoms with Gasteiger partial charge in [-0.2, -0.15) is 0 Å². The number of rotatable bonds is 9. The predicted octanol–water partition coefficient (Wildman–Crippen LogP) is 5.21. The van der Waals surface area contributed by atoms with E-state index in [1.807, 2.05) is 65.2 Å². The molecule has 0 atom stereocenters. The molecule has 0 radical (unpaired) electrons. The molecular formula is C25H26N4O3S. The Balaban J connectivity index is 1.53. The Hall–Kier alpha value is -3.52. The summed E-state index contributed by atoms with van der Waals surface area (Å²) in [5, 5.41) is 12.5. The van der Waals surface area contributed by atoms with E-state index < -0.39 is 0 Å². The zero-order chi connectivity index (χ0) is 23.2. The number of carbonyl (C=O) groups is 1. The Kier molecular flexibility index (Phi) is 7.14. The van der Waals surface area contributed by atoms with Gasteiger partial charge in [0.1, 0.15) is 5.75 Å². The molecule has 0 fully saturated rings. The number of hydrogen-bond acceptors (Lipinski definition) is 6. The summed E-state index contributed by atoms with van der Waals surface area (Å²) >= 11 is 1.57. The minimum Gasteiger partial charge on any atom is -0.497 e. The van der Waals surface area contributed by atoms with Gasteiger partial charge in [-0.05, 0) is 60.0 Å². The highest BCUT2D eigenvalue weighted by atomic mass is 32.2. The summed E-state index contributed by atoms with van der Waals surface area (Å²) in [4.78, 5) is 12.2.